The molecule has 0 amide bonds. The van der Waals surface area contributed by atoms with Crippen molar-refractivity contribution in [2.45, 2.75) is 67.7 Å². The summed E-state index contributed by atoms with van der Waals surface area (Å²) in [6, 6.07) is 13.9. The summed E-state index contributed by atoms with van der Waals surface area (Å²) in [7, 11) is 0. The zero-order valence-electron chi connectivity index (χ0n) is 17.7. The van der Waals surface area contributed by atoms with E-state index in [2.05, 4.69) is 24.3 Å². The van der Waals surface area contributed by atoms with E-state index >= 15 is 0 Å². The number of aliphatic hydroxyl groups is 4. The zero-order valence-corrected chi connectivity index (χ0v) is 18.5. The minimum absolute atomic E-state index is 0.168. The zero-order chi connectivity index (χ0) is 22.5. The Morgan fingerprint density at radius 3 is 2.31 bits per heavy atom. The number of benzene rings is 2. The summed E-state index contributed by atoms with van der Waals surface area (Å²) in [5.74, 6) is 0.463. The Hall–Kier alpha value is -1.51. The summed E-state index contributed by atoms with van der Waals surface area (Å²) in [5, 5.41) is 40.6. The lowest BCUT2D eigenvalue weighted by atomic mass is 9.90. The van der Waals surface area contributed by atoms with Crippen molar-refractivity contribution < 1.29 is 29.9 Å². The fourth-order valence-electron chi connectivity index (χ4n) is 4.96. The van der Waals surface area contributed by atoms with Crippen LogP contribution in [0.2, 0.25) is 5.02 Å². The molecule has 0 bridgehead atoms. The van der Waals surface area contributed by atoms with Crippen LogP contribution in [-0.2, 0) is 15.9 Å². The largest absolute Gasteiger partial charge is 0.394 e. The second kappa shape index (κ2) is 8.69. The Morgan fingerprint density at radius 2 is 1.66 bits per heavy atom. The van der Waals surface area contributed by atoms with Crippen molar-refractivity contribution in [3.8, 4) is 0 Å². The van der Waals surface area contributed by atoms with Gasteiger partial charge in [0.15, 0.2) is 0 Å². The van der Waals surface area contributed by atoms with E-state index < -0.39 is 37.1 Å². The van der Waals surface area contributed by atoms with Gasteiger partial charge >= 0.3 is 0 Å². The molecule has 2 saturated heterocycles. The van der Waals surface area contributed by atoms with E-state index in [1.807, 2.05) is 6.07 Å². The maximum absolute atomic E-state index is 10.4. The van der Waals surface area contributed by atoms with E-state index in [0.29, 0.717) is 22.9 Å². The molecule has 1 spiro atoms. The third kappa shape index (κ3) is 4.21. The lowest BCUT2D eigenvalue weighted by Crippen LogP contribution is -2.55. The van der Waals surface area contributed by atoms with Crippen LogP contribution in [-0.4, -0.2) is 63.7 Å². The Balaban J connectivity index is 1.32. The molecular formula is C25H29ClO6. The summed E-state index contributed by atoms with van der Waals surface area (Å²) in [4.78, 5) is 0. The van der Waals surface area contributed by atoms with Crippen molar-refractivity contribution in [1.29, 1.82) is 0 Å². The van der Waals surface area contributed by atoms with Crippen molar-refractivity contribution in [3.63, 3.8) is 0 Å². The molecule has 2 heterocycles. The standard InChI is InChI=1S/C25H29ClO6/c26-19-6-5-16(24-23(30)22(29)21(28)20(12-27)32-24)10-17(19)9-14-1-3-15(4-2-14)18-11-25(7-8-25)31-13-18/h1-6,10,18,20-24,27-30H,7-9,11-13H2/t18?,20-,21-,22+,23-,24?/m1/s1. The van der Waals surface area contributed by atoms with Crippen LogP contribution < -0.4 is 0 Å². The molecule has 32 heavy (non-hydrogen) atoms. The van der Waals surface area contributed by atoms with Gasteiger partial charge in [-0.05, 0) is 54.0 Å². The molecule has 2 aliphatic heterocycles. The van der Waals surface area contributed by atoms with Crippen LogP contribution in [0.3, 0.4) is 0 Å². The highest BCUT2D eigenvalue weighted by molar-refractivity contribution is 6.31. The smallest absolute Gasteiger partial charge is 0.113 e. The Morgan fingerprint density at radius 1 is 0.938 bits per heavy atom. The molecule has 2 unspecified atom stereocenters. The number of halogens is 1. The van der Waals surface area contributed by atoms with Gasteiger partial charge in [-0.2, -0.15) is 0 Å². The van der Waals surface area contributed by atoms with Gasteiger partial charge in [0.05, 0.1) is 18.8 Å². The fraction of sp³-hybridized carbons (Fsp3) is 0.520. The first kappa shape index (κ1) is 22.3. The first-order valence-corrected chi connectivity index (χ1v) is 11.6. The lowest BCUT2D eigenvalue weighted by molar-refractivity contribution is -0.231. The van der Waals surface area contributed by atoms with Gasteiger partial charge in [-0.25, -0.2) is 0 Å². The van der Waals surface area contributed by atoms with Crippen molar-refractivity contribution in [3.05, 3.63) is 69.7 Å². The molecule has 5 rings (SSSR count). The van der Waals surface area contributed by atoms with Crippen LogP contribution in [0.5, 0.6) is 0 Å². The number of rotatable bonds is 5. The quantitative estimate of drug-likeness (QED) is 0.547. The van der Waals surface area contributed by atoms with E-state index in [9.17, 15) is 20.4 Å². The van der Waals surface area contributed by atoms with Gasteiger partial charge in [0.25, 0.3) is 0 Å². The van der Waals surface area contributed by atoms with Crippen molar-refractivity contribution in [2.24, 2.45) is 0 Å². The molecule has 6 nitrogen and oxygen atoms in total. The van der Waals surface area contributed by atoms with E-state index in [-0.39, 0.29) is 5.60 Å². The molecule has 4 N–H and O–H groups in total. The Bertz CT molecular complexity index is 957. The van der Waals surface area contributed by atoms with Crippen LogP contribution in [0, 0.1) is 0 Å². The third-order valence-electron chi connectivity index (χ3n) is 7.15. The van der Waals surface area contributed by atoms with Crippen molar-refractivity contribution in [2.75, 3.05) is 13.2 Å². The second-order valence-electron chi connectivity index (χ2n) is 9.41. The number of hydrogen-bond donors (Lipinski definition) is 4. The van der Waals surface area contributed by atoms with Crippen LogP contribution in [0.1, 0.15) is 53.5 Å². The summed E-state index contributed by atoms with van der Waals surface area (Å²) in [5.41, 5.74) is 4.09. The molecule has 2 aromatic carbocycles. The number of hydrogen-bond acceptors (Lipinski definition) is 6. The SMILES string of the molecule is OC[C@H]1OC(c2ccc(Cl)c(Cc3ccc(C4COC5(CC5)C4)cc3)c2)[C@H](O)[C@@H](O)[C@@H]1O. The monoisotopic (exact) mass is 460 g/mol. The average Bonchev–Trinajstić information content (AvgIpc) is 3.43. The first-order chi connectivity index (χ1) is 15.4. The maximum Gasteiger partial charge on any atom is 0.113 e. The van der Waals surface area contributed by atoms with E-state index in [1.54, 1.807) is 12.1 Å². The fourth-order valence-corrected chi connectivity index (χ4v) is 5.14. The third-order valence-corrected chi connectivity index (χ3v) is 7.52. The molecule has 0 aromatic heterocycles. The maximum atomic E-state index is 10.4. The normalized spacial score (nSPS) is 33.5. The molecule has 3 fully saturated rings. The topological polar surface area (TPSA) is 99.4 Å². The van der Waals surface area contributed by atoms with Gasteiger partial charge in [-0.1, -0.05) is 48.0 Å². The molecule has 1 saturated carbocycles. The molecule has 6 atom stereocenters. The summed E-state index contributed by atoms with van der Waals surface area (Å²) < 4.78 is 11.7. The highest BCUT2D eigenvalue weighted by atomic mass is 35.5. The van der Waals surface area contributed by atoms with Crippen LogP contribution in [0.25, 0.3) is 0 Å². The molecule has 2 aromatic rings. The number of ether oxygens (including phenoxy) is 2. The summed E-state index contributed by atoms with van der Waals surface area (Å²) in [6.45, 7) is 0.341. The molecule has 172 valence electrons. The van der Waals surface area contributed by atoms with Crippen LogP contribution in [0.4, 0.5) is 0 Å². The van der Waals surface area contributed by atoms with Gasteiger partial charge in [0.2, 0.25) is 0 Å². The van der Waals surface area contributed by atoms with E-state index in [4.69, 9.17) is 21.1 Å². The van der Waals surface area contributed by atoms with Crippen LogP contribution >= 0.6 is 11.6 Å². The minimum atomic E-state index is -1.41. The van der Waals surface area contributed by atoms with Crippen LogP contribution in [0.15, 0.2) is 42.5 Å². The van der Waals surface area contributed by atoms with Crippen molar-refractivity contribution in [1.82, 2.24) is 0 Å². The molecular weight excluding hydrogens is 432 g/mol. The predicted molar refractivity (Wildman–Crippen MR) is 119 cm³/mol. The van der Waals surface area contributed by atoms with E-state index in [1.165, 1.54) is 18.4 Å². The minimum Gasteiger partial charge on any atom is -0.394 e. The summed E-state index contributed by atoms with van der Waals surface area (Å²) >= 11 is 6.45. The van der Waals surface area contributed by atoms with Crippen molar-refractivity contribution >= 4 is 11.6 Å². The molecule has 0 radical (unpaired) electrons. The second-order valence-corrected chi connectivity index (χ2v) is 9.82. The average molecular weight is 461 g/mol. The molecule has 1 aliphatic carbocycles. The predicted octanol–water partition coefficient (Wildman–Crippen LogP) is 2.48. The van der Waals surface area contributed by atoms with Gasteiger partial charge in [-0.15, -0.1) is 0 Å². The first-order valence-electron chi connectivity index (χ1n) is 11.2. The van der Waals surface area contributed by atoms with E-state index in [0.717, 1.165) is 24.2 Å². The van der Waals surface area contributed by atoms with Gasteiger partial charge in [-0.3, -0.25) is 0 Å². The Labute approximate surface area is 192 Å². The molecule has 7 heteroatoms. The van der Waals surface area contributed by atoms with Gasteiger partial charge in [0, 0.05) is 10.9 Å². The van der Waals surface area contributed by atoms with Gasteiger partial charge < -0.3 is 29.9 Å². The highest BCUT2D eigenvalue weighted by Gasteiger charge is 2.50. The number of aliphatic hydroxyl groups excluding tert-OH is 4. The highest BCUT2D eigenvalue weighted by Crippen LogP contribution is 2.51. The summed E-state index contributed by atoms with van der Waals surface area (Å²) in [6.07, 6.45) is -1.83. The van der Waals surface area contributed by atoms with Gasteiger partial charge in [0.1, 0.15) is 30.5 Å². The Kier molecular flexibility index (Phi) is 6.05. The molecule has 3 aliphatic rings. The lowest BCUT2D eigenvalue weighted by Gasteiger charge is -2.40.